The molecule has 0 fully saturated rings. The topological polar surface area (TPSA) is 46.2 Å². The van der Waals surface area contributed by atoms with E-state index in [4.69, 9.17) is 0 Å². The van der Waals surface area contributed by atoms with Crippen LogP contribution in [0.5, 0.6) is 0 Å². The zero-order chi connectivity index (χ0) is 4.83. The Labute approximate surface area is 36.9 Å². The molecule has 6 heavy (non-hydrogen) atoms. The van der Waals surface area contributed by atoms with Crippen LogP contribution in [0.2, 0.25) is 0 Å². The highest BCUT2D eigenvalue weighted by atomic mass is 31.1. The van der Waals surface area contributed by atoms with E-state index >= 15 is 0 Å². The van der Waals surface area contributed by atoms with Gasteiger partial charge >= 0.3 is 0 Å². The molecule has 0 aliphatic carbocycles. The molecule has 0 aromatic heterocycles. The molecule has 4 heteroatoms. The van der Waals surface area contributed by atoms with Crippen molar-refractivity contribution in [2.75, 3.05) is 6.29 Å². The van der Waals surface area contributed by atoms with Crippen LogP contribution in [0, 0.1) is 0 Å². The van der Waals surface area contributed by atoms with Gasteiger partial charge in [-0.05, 0) is 0 Å². The van der Waals surface area contributed by atoms with E-state index in [0.717, 1.165) is 0 Å². The van der Waals surface area contributed by atoms with Crippen molar-refractivity contribution in [1.29, 1.82) is 0 Å². The highest BCUT2D eigenvalue weighted by molar-refractivity contribution is 7.23. The summed E-state index contributed by atoms with van der Waals surface area (Å²) in [5.41, 5.74) is 0. The maximum atomic E-state index is 9.44. The van der Waals surface area contributed by atoms with Crippen molar-refractivity contribution in [2.45, 2.75) is 0 Å². The van der Waals surface area contributed by atoms with E-state index in [1.807, 2.05) is 0 Å². The van der Waals surface area contributed by atoms with Crippen molar-refractivity contribution in [3.05, 3.63) is 0 Å². The molecular formula is C2H4NO2P. The monoisotopic (exact) mass is 105 g/mol. The summed E-state index contributed by atoms with van der Waals surface area (Å²) < 4.78 is 9.44. The van der Waals surface area contributed by atoms with E-state index in [1.54, 1.807) is 0 Å². The van der Waals surface area contributed by atoms with Crippen molar-refractivity contribution in [3.63, 3.8) is 0 Å². The smallest absolute Gasteiger partial charge is 0.207 e. The Balaban J connectivity index is 2.66. The van der Waals surface area contributed by atoms with Crippen molar-refractivity contribution >= 4 is 14.9 Å². The second-order valence-corrected chi connectivity index (χ2v) is 1.18. The summed E-state index contributed by atoms with van der Waals surface area (Å²) in [6.45, 7) is 0. The van der Waals surface area contributed by atoms with E-state index in [9.17, 15) is 9.36 Å². The maximum Gasteiger partial charge on any atom is 0.207 e. The molecule has 0 rings (SSSR count). The summed E-state index contributed by atoms with van der Waals surface area (Å²) in [5, 5.41) is 2.19. The first-order chi connectivity index (χ1) is 2.91. The van der Waals surface area contributed by atoms with Crippen LogP contribution < -0.4 is 5.32 Å². The van der Waals surface area contributed by atoms with E-state index in [2.05, 4.69) is 5.32 Å². The fourth-order valence-corrected chi connectivity index (χ4v) is 0.224. The second-order valence-electron chi connectivity index (χ2n) is 0.609. The lowest BCUT2D eigenvalue weighted by molar-refractivity contribution is -0.109. The molecule has 0 saturated heterocycles. The molecule has 34 valence electrons. The van der Waals surface area contributed by atoms with Gasteiger partial charge in [-0.2, -0.15) is 0 Å². The normalized spacial score (nSPS) is 8.00. The highest BCUT2D eigenvalue weighted by Gasteiger charge is 1.70. The second kappa shape index (κ2) is 4.57. The fourth-order valence-electron chi connectivity index (χ4n) is 0.0745. The van der Waals surface area contributed by atoms with Crippen LogP contribution in [0.1, 0.15) is 0 Å². The van der Waals surface area contributed by atoms with E-state index in [1.165, 1.54) is 0 Å². The molecule has 0 aliphatic rings. The first-order valence-electron chi connectivity index (χ1n) is 1.38. The summed E-state index contributed by atoms with van der Waals surface area (Å²) in [7, 11) is -0.0470. The summed E-state index contributed by atoms with van der Waals surface area (Å²) in [4.78, 5) is 9.31. The molecule has 0 radical (unpaired) electrons. The summed E-state index contributed by atoms with van der Waals surface area (Å²) in [6.07, 6.45) is 0.717. The molecule has 3 nitrogen and oxygen atoms in total. The molecular weight excluding hydrogens is 101 g/mol. The summed E-state index contributed by atoms with van der Waals surface area (Å²) in [6, 6.07) is 0. The van der Waals surface area contributed by atoms with Gasteiger partial charge in [-0.3, -0.25) is 9.36 Å². The number of carbonyl (C=O) groups is 1. The zero-order valence-corrected chi connectivity index (χ0v) is 3.94. The number of nitrogens with one attached hydrogen (secondary N) is 1. The number of hydrogen-bond acceptors (Lipinski definition) is 2. The Kier molecular flexibility index (Phi) is 4.24. The van der Waals surface area contributed by atoms with Crippen LogP contribution >= 0.6 is 8.46 Å². The van der Waals surface area contributed by atoms with Gasteiger partial charge in [-0.25, -0.2) is 0 Å². The van der Waals surface area contributed by atoms with Gasteiger partial charge in [0.25, 0.3) is 0 Å². The largest absolute Gasteiger partial charge is 0.348 e. The van der Waals surface area contributed by atoms with E-state index in [-0.39, 0.29) is 14.7 Å². The van der Waals surface area contributed by atoms with Crippen molar-refractivity contribution in [1.82, 2.24) is 5.32 Å². The van der Waals surface area contributed by atoms with Crippen LogP contribution in [0.15, 0.2) is 0 Å². The standard InChI is InChI=1S/C2H4NO2P/c4-1-3-2-6-5/h1H,2H2,(H,3,4). The van der Waals surface area contributed by atoms with Crippen LogP contribution in [0.25, 0.3) is 0 Å². The SMILES string of the molecule is O=CNCP=O. The number of carbonyl (C=O) groups excluding carboxylic acids is 1. The van der Waals surface area contributed by atoms with Gasteiger partial charge in [0.2, 0.25) is 6.41 Å². The molecule has 0 saturated carbocycles. The van der Waals surface area contributed by atoms with Crippen molar-refractivity contribution < 1.29 is 9.36 Å². The first-order valence-corrected chi connectivity index (χ1v) is 2.37. The predicted molar refractivity (Wildman–Crippen MR) is 21.7 cm³/mol. The third kappa shape index (κ3) is 3.57. The molecule has 0 aromatic carbocycles. The van der Waals surface area contributed by atoms with Crippen molar-refractivity contribution in [2.24, 2.45) is 0 Å². The molecule has 0 aromatic rings. The predicted octanol–water partition coefficient (Wildman–Crippen LogP) is -0.0184. The average molecular weight is 105 g/mol. The van der Waals surface area contributed by atoms with Gasteiger partial charge in [0.1, 0.15) is 0 Å². The zero-order valence-electron chi connectivity index (χ0n) is 3.05. The lowest BCUT2D eigenvalue weighted by Gasteiger charge is -1.76. The van der Waals surface area contributed by atoms with Gasteiger partial charge in [0.15, 0.2) is 8.46 Å². The van der Waals surface area contributed by atoms with Crippen LogP contribution in [0.3, 0.4) is 0 Å². The molecule has 0 bridgehead atoms. The third-order valence-corrected chi connectivity index (χ3v) is 0.551. The summed E-state index contributed by atoms with van der Waals surface area (Å²) >= 11 is 0. The van der Waals surface area contributed by atoms with Crippen LogP contribution in [0.4, 0.5) is 0 Å². The minimum Gasteiger partial charge on any atom is -0.348 e. The Morgan fingerprint density at radius 2 is 2.50 bits per heavy atom. The number of hydrogen-bond donors (Lipinski definition) is 1. The molecule has 0 atom stereocenters. The quantitative estimate of drug-likeness (QED) is 0.311. The molecule has 0 unspecified atom stereocenters. The highest BCUT2D eigenvalue weighted by Crippen LogP contribution is 1.80. The Morgan fingerprint density at radius 3 is 2.67 bits per heavy atom. The molecule has 0 heterocycles. The first kappa shape index (κ1) is 5.57. The Morgan fingerprint density at radius 1 is 1.83 bits per heavy atom. The lowest BCUT2D eigenvalue weighted by atomic mass is 11.2. The molecule has 1 N–H and O–H groups in total. The Hall–Kier alpha value is -0.430. The minimum atomic E-state index is -0.0470. The van der Waals surface area contributed by atoms with Crippen LogP contribution in [-0.4, -0.2) is 12.7 Å². The van der Waals surface area contributed by atoms with Gasteiger partial charge in [0.05, 0.1) is 6.29 Å². The summed E-state index contributed by atoms with van der Waals surface area (Å²) in [5.74, 6) is 0. The van der Waals surface area contributed by atoms with Gasteiger partial charge in [0, 0.05) is 0 Å². The Bertz CT molecular complexity index is 47.5. The van der Waals surface area contributed by atoms with Crippen molar-refractivity contribution in [3.8, 4) is 0 Å². The third-order valence-electron chi connectivity index (χ3n) is 0.239. The van der Waals surface area contributed by atoms with E-state index < -0.39 is 0 Å². The lowest BCUT2D eigenvalue weighted by Crippen LogP contribution is -2.05. The molecule has 0 spiro atoms. The van der Waals surface area contributed by atoms with Crippen LogP contribution in [-0.2, 0) is 9.36 Å². The maximum absolute atomic E-state index is 9.44. The van der Waals surface area contributed by atoms with Gasteiger partial charge < -0.3 is 5.32 Å². The number of amides is 1. The molecule has 0 aliphatic heterocycles. The minimum absolute atomic E-state index is 0.0470. The average Bonchev–Trinajstić information content (AvgIpc) is 1.61. The van der Waals surface area contributed by atoms with Gasteiger partial charge in [-0.1, -0.05) is 0 Å². The van der Waals surface area contributed by atoms with E-state index in [0.29, 0.717) is 6.41 Å². The van der Waals surface area contributed by atoms with Gasteiger partial charge in [-0.15, -0.1) is 0 Å². The fraction of sp³-hybridized carbons (Fsp3) is 0.500. The number of rotatable bonds is 3. The molecule has 1 amide bonds.